The molecule has 0 saturated carbocycles. The zero-order valence-electron chi connectivity index (χ0n) is 9.48. The fraction of sp³-hybridized carbons (Fsp3) is 0.273. The number of nitrogens with one attached hydrogen (secondary N) is 1. The second kappa shape index (κ2) is 5.95. The number of halogens is 1. The molecule has 0 aliphatic heterocycles. The van der Waals surface area contributed by atoms with Gasteiger partial charge in [-0.25, -0.2) is 0 Å². The van der Waals surface area contributed by atoms with Crippen LogP contribution in [-0.2, 0) is 0 Å². The van der Waals surface area contributed by atoms with E-state index in [1.165, 1.54) is 10.5 Å². The van der Waals surface area contributed by atoms with Crippen LogP contribution in [0.25, 0.3) is 0 Å². The summed E-state index contributed by atoms with van der Waals surface area (Å²) in [5, 5.41) is 11.2. The molecule has 1 aromatic carbocycles. The first-order valence-electron chi connectivity index (χ1n) is 5.11. The Hall–Kier alpha value is -0.430. The van der Waals surface area contributed by atoms with Gasteiger partial charge in [0, 0.05) is 15.4 Å². The average molecular weight is 330 g/mol. The highest BCUT2D eigenvalue weighted by atomic mass is 79.9. The van der Waals surface area contributed by atoms with Gasteiger partial charge in [-0.05, 0) is 37.7 Å². The molecule has 0 radical (unpaired) electrons. The van der Waals surface area contributed by atoms with Crippen LogP contribution >= 0.6 is 39.0 Å². The van der Waals surface area contributed by atoms with E-state index < -0.39 is 0 Å². The number of hydrogen-bond donors (Lipinski definition) is 1. The quantitative estimate of drug-likeness (QED) is 0.927. The van der Waals surface area contributed by atoms with Crippen molar-refractivity contribution in [2.45, 2.75) is 22.2 Å². The number of rotatable bonds is 4. The normalized spacial score (nSPS) is 12.6. The Morgan fingerprint density at radius 2 is 2.29 bits per heavy atom. The first kappa shape index (κ1) is 13.0. The van der Waals surface area contributed by atoms with Gasteiger partial charge >= 0.3 is 0 Å². The Kier molecular flexibility index (Phi) is 4.55. The Morgan fingerprint density at radius 1 is 1.47 bits per heavy atom. The fourth-order valence-corrected chi connectivity index (χ4v) is 3.42. The Labute approximate surface area is 117 Å². The van der Waals surface area contributed by atoms with Crippen LogP contribution in [0.5, 0.6) is 0 Å². The number of aromatic nitrogens is 2. The summed E-state index contributed by atoms with van der Waals surface area (Å²) in [4.78, 5) is 1.21. The smallest absolute Gasteiger partial charge is 0.178 e. The lowest BCUT2D eigenvalue weighted by molar-refractivity contribution is 0.641. The highest BCUT2D eigenvalue weighted by Crippen LogP contribution is 2.35. The molecule has 1 aromatic heterocycles. The lowest BCUT2D eigenvalue weighted by atomic mass is 10.1. The molecule has 0 aliphatic carbocycles. The molecule has 90 valence electrons. The predicted molar refractivity (Wildman–Crippen MR) is 75.6 cm³/mol. The van der Waals surface area contributed by atoms with E-state index in [0.29, 0.717) is 6.04 Å². The van der Waals surface area contributed by atoms with Crippen LogP contribution in [-0.4, -0.2) is 17.2 Å². The van der Waals surface area contributed by atoms with E-state index in [0.717, 1.165) is 8.81 Å². The first-order valence-corrected chi connectivity index (χ1v) is 7.60. The standard InChI is InChI=1S/C11H12BrN3S2/c1-7(13-2)9-5-8(12)3-4-10(9)17-11-15-14-6-16-11/h3-7,13H,1-2H3. The molecule has 6 heteroatoms. The van der Waals surface area contributed by atoms with E-state index in [4.69, 9.17) is 0 Å². The van der Waals surface area contributed by atoms with Gasteiger partial charge in [0.15, 0.2) is 4.34 Å². The Bertz CT molecular complexity index is 487. The van der Waals surface area contributed by atoms with E-state index in [9.17, 15) is 0 Å². The summed E-state index contributed by atoms with van der Waals surface area (Å²) in [5.74, 6) is 0. The topological polar surface area (TPSA) is 37.8 Å². The summed E-state index contributed by atoms with van der Waals surface area (Å²) in [5.41, 5.74) is 3.02. The molecule has 3 nitrogen and oxygen atoms in total. The van der Waals surface area contributed by atoms with Gasteiger partial charge in [0.2, 0.25) is 0 Å². The number of benzene rings is 1. The van der Waals surface area contributed by atoms with Gasteiger partial charge in [-0.1, -0.05) is 39.0 Å². The zero-order chi connectivity index (χ0) is 12.3. The fourth-order valence-electron chi connectivity index (χ4n) is 1.41. The minimum absolute atomic E-state index is 0.308. The van der Waals surface area contributed by atoms with Gasteiger partial charge in [0.05, 0.1) is 0 Å². The second-order valence-corrected chi connectivity index (χ2v) is 6.54. The van der Waals surface area contributed by atoms with Crippen LogP contribution < -0.4 is 5.32 Å². The van der Waals surface area contributed by atoms with Gasteiger partial charge in [-0.15, -0.1) is 10.2 Å². The molecule has 1 atom stereocenters. The minimum Gasteiger partial charge on any atom is -0.313 e. The van der Waals surface area contributed by atoms with Gasteiger partial charge in [0.1, 0.15) is 5.51 Å². The molecule has 1 N–H and O–H groups in total. The third kappa shape index (κ3) is 3.28. The molecule has 0 saturated heterocycles. The van der Waals surface area contributed by atoms with Crippen molar-refractivity contribution < 1.29 is 0 Å². The molecular formula is C11H12BrN3S2. The monoisotopic (exact) mass is 329 g/mol. The SMILES string of the molecule is CNC(C)c1cc(Br)ccc1Sc1nncs1. The zero-order valence-corrected chi connectivity index (χ0v) is 12.7. The van der Waals surface area contributed by atoms with E-state index in [1.807, 2.05) is 7.05 Å². The molecule has 0 bridgehead atoms. The largest absolute Gasteiger partial charge is 0.313 e. The first-order chi connectivity index (χ1) is 8.20. The van der Waals surface area contributed by atoms with Crippen molar-refractivity contribution in [2.75, 3.05) is 7.05 Å². The lowest BCUT2D eigenvalue weighted by Gasteiger charge is -2.15. The molecule has 2 aromatic rings. The molecule has 0 aliphatic rings. The van der Waals surface area contributed by atoms with Crippen LogP contribution in [0.2, 0.25) is 0 Å². The van der Waals surface area contributed by atoms with E-state index in [2.05, 4.69) is 56.6 Å². The lowest BCUT2D eigenvalue weighted by Crippen LogP contribution is -2.13. The van der Waals surface area contributed by atoms with E-state index in [-0.39, 0.29) is 0 Å². The third-order valence-electron chi connectivity index (χ3n) is 2.41. The van der Waals surface area contributed by atoms with E-state index >= 15 is 0 Å². The molecule has 0 amide bonds. The maximum Gasteiger partial charge on any atom is 0.178 e. The predicted octanol–water partition coefficient (Wildman–Crippen LogP) is 3.73. The van der Waals surface area contributed by atoms with Crippen molar-refractivity contribution in [3.05, 3.63) is 33.7 Å². The van der Waals surface area contributed by atoms with Crippen molar-refractivity contribution in [3.63, 3.8) is 0 Å². The molecule has 17 heavy (non-hydrogen) atoms. The molecule has 0 spiro atoms. The molecule has 0 fully saturated rings. The highest BCUT2D eigenvalue weighted by Gasteiger charge is 2.12. The van der Waals surface area contributed by atoms with Crippen LogP contribution in [0.4, 0.5) is 0 Å². The van der Waals surface area contributed by atoms with Crippen LogP contribution in [0.1, 0.15) is 18.5 Å². The second-order valence-electron chi connectivity index (χ2n) is 3.50. The molecule has 1 heterocycles. The maximum absolute atomic E-state index is 4.06. The number of hydrogen-bond acceptors (Lipinski definition) is 5. The van der Waals surface area contributed by atoms with Crippen LogP contribution in [0.15, 0.2) is 37.4 Å². The molecule has 1 unspecified atom stereocenters. The third-order valence-corrected chi connectivity index (χ3v) is 4.77. The summed E-state index contributed by atoms with van der Waals surface area (Å²) in [7, 11) is 1.96. The summed E-state index contributed by atoms with van der Waals surface area (Å²) >= 11 is 6.73. The molecular weight excluding hydrogens is 318 g/mol. The summed E-state index contributed by atoms with van der Waals surface area (Å²) in [6.45, 7) is 2.14. The van der Waals surface area contributed by atoms with Gasteiger partial charge < -0.3 is 5.32 Å². The van der Waals surface area contributed by atoms with Crippen molar-refractivity contribution in [1.29, 1.82) is 0 Å². The van der Waals surface area contributed by atoms with Crippen LogP contribution in [0.3, 0.4) is 0 Å². The Balaban J connectivity index is 2.32. The average Bonchev–Trinajstić information content (AvgIpc) is 2.83. The van der Waals surface area contributed by atoms with Gasteiger partial charge in [-0.2, -0.15) is 0 Å². The van der Waals surface area contributed by atoms with Gasteiger partial charge in [0.25, 0.3) is 0 Å². The van der Waals surface area contributed by atoms with Crippen molar-refractivity contribution in [2.24, 2.45) is 0 Å². The summed E-state index contributed by atoms with van der Waals surface area (Å²) < 4.78 is 2.06. The highest BCUT2D eigenvalue weighted by molar-refractivity contribution is 9.10. The number of nitrogens with zero attached hydrogens (tertiary/aromatic N) is 2. The van der Waals surface area contributed by atoms with Crippen LogP contribution in [0, 0.1) is 0 Å². The van der Waals surface area contributed by atoms with Crippen molar-refractivity contribution >= 4 is 39.0 Å². The summed E-state index contributed by atoms with van der Waals surface area (Å²) in [6, 6.07) is 6.61. The van der Waals surface area contributed by atoms with Gasteiger partial charge in [-0.3, -0.25) is 0 Å². The van der Waals surface area contributed by atoms with E-state index in [1.54, 1.807) is 28.6 Å². The maximum atomic E-state index is 4.06. The Morgan fingerprint density at radius 3 is 2.94 bits per heavy atom. The van der Waals surface area contributed by atoms with Crippen molar-refractivity contribution in [3.8, 4) is 0 Å². The summed E-state index contributed by atoms with van der Waals surface area (Å²) in [6.07, 6.45) is 0. The molecule has 2 rings (SSSR count). The minimum atomic E-state index is 0.308. The van der Waals surface area contributed by atoms with Crippen molar-refractivity contribution in [1.82, 2.24) is 15.5 Å².